The minimum absolute atomic E-state index is 0.131. The third kappa shape index (κ3) is 3.13. The van der Waals surface area contributed by atoms with Gasteiger partial charge in [-0.2, -0.15) is 0 Å². The summed E-state index contributed by atoms with van der Waals surface area (Å²) < 4.78 is 4.78. The molecular weight excluding hydrogens is 190 g/mol. The van der Waals surface area contributed by atoms with Crippen molar-refractivity contribution in [1.29, 1.82) is 0 Å². The Morgan fingerprint density at radius 1 is 1.47 bits per heavy atom. The molecule has 0 bridgehead atoms. The molecule has 0 atom stereocenters. The minimum atomic E-state index is -0.472. The summed E-state index contributed by atoms with van der Waals surface area (Å²) in [4.78, 5) is 11.2. The van der Waals surface area contributed by atoms with Crippen molar-refractivity contribution < 1.29 is 9.53 Å². The summed E-state index contributed by atoms with van der Waals surface area (Å²) in [6.07, 6.45) is 1.63. The molecular formula is C12H15NO2. The number of esters is 1. The lowest BCUT2D eigenvalue weighted by Crippen LogP contribution is -2.14. The van der Waals surface area contributed by atoms with Gasteiger partial charge in [-0.15, -0.1) is 0 Å². The van der Waals surface area contributed by atoms with Crippen LogP contribution in [0.4, 0.5) is 0 Å². The minimum Gasteiger partial charge on any atom is -0.461 e. The molecule has 0 aromatic heterocycles. The largest absolute Gasteiger partial charge is 0.461 e. The van der Waals surface area contributed by atoms with Crippen LogP contribution in [0.15, 0.2) is 30.0 Å². The fourth-order valence-electron chi connectivity index (χ4n) is 1.19. The molecule has 1 rings (SSSR count). The van der Waals surface area contributed by atoms with E-state index in [1.165, 1.54) is 0 Å². The highest BCUT2D eigenvalue weighted by molar-refractivity contribution is 5.92. The van der Waals surface area contributed by atoms with Crippen molar-refractivity contribution in [2.45, 2.75) is 13.8 Å². The maximum Gasteiger partial charge on any atom is 0.354 e. The molecule has 1 aromatic carbocycles. The first-order valence-corrected chi connectivity index (χ1v) is 4.85. The van der Waals surface area contributed by atoms with Crippen LogP contribution in [0.5, 0.6) is 0 Å². The molecule has 0 fully saturated rings. The van der Waals surface area contributed by atoms with Crippen LogP contribution < -0.4 is 5.73 Å². The Morgan fingerprint density at radius 2 is 2.13 bits per heavy atom. The number of benzene rings is 1. The van der Waals surface area contributed by atoms with Gasteiger partial charge in [-0.25, -0.2) is 4.79 Å². The summed E-state index contributed by atoms with van der Waals surface area (Å²) in [6, 6.07) is 7.70. The molecule has 3 heteroatoms. The molecule has 3 nitrogen and oxygen atoms in total. The van der Waals surface area contributed by atoms with Gasteiger partial charge in [-0.3, -0.25) is 0 Å². The van der Waals surface area contributed by atoms with Gasteiger partial charge >= 0.3 is 5.97 Å². The quantitative estimate of drug-likeness (QED) is 0.605. The number of ether oxygens (including phenoxy) is 1. The van der Waals surface area contributed by atoms with Gasteiger partial charge in [-0.05, 0) is 31.1 Å². The summed E-state index contributed by atoms with van der Waals surface area (Å²) >= 11 is 0. The van der Waals surface area contributed by atoms with Crippen molar-refractivity contribution in [2.24, 2.45) is 5.73 Å². The highest BCUT2D eigenvalue weighted by Gasteiger charge is 2.05. The van der Waals surface area contributed by atoms with Crippen LogP contribution in [0.1, 0.15) is 18.1 Å². The molecule has 0 aliphatic carbocycles. The summed E-state index contributed by atoms with van der Waals surface area (Å²) in [7, 11) is 0. The molecule has 0 saturated carbocycles. The Labute approximate surface area is 89.5 Å². The predicted octanol–water partition coefficient (Wildman–Crippen LogP) is 1.86. The number of nitrogens with two attached hydrogens (primary N) is 1. The third-order valence-corrected chi connectivity index (χ3v) is 2.01. The number of carbonyl (C=O) groups is 1. The zero-order valence-corrected chi connectivity index (χ0v) is 8.99. The van der Waals surface area contributed by atoms with Crippen LogP contribution in [-0.2, 0) is 9.53 Å². The van der Waals surface area contributed by atoms with Crippen LogP contribution >= 0.6 is 0 Å². The molecule has 0 aliphatic rings. The summed E-state index contributed by atoms with van der Waals surface area (Å²) in [5.74, 6) is -0.472. The first kappa shape index (κ1) is 11.3. The lowest BCUT2D eigenvalue weighted by Gasteiger charge is -2.03. The molecule has 1 aromatic rings. The topological polar surface area (TPSA) is 52.3 Å². The molecule has 0 saturated heterocycles. The Morgan fingerprint density at radius 3 is 2.73 bits per heavy atom. The van der Waals surface area contributed by atoms with E-state index in [2.05, 4.69) is 0 Å². The first-order chi connectivity index (χ1) is 7.15. The van der Waals surface area contributed by atoms with Crippen LogP contribution in [0.25, 0.3) is 6.08 Å². The monoisotopic (exact) mass is 205 g/mol. The van der Waals surface area contributed by atoms with Gasteiger partial charge < -0.3 is 10.5 Å². The average molecular weight is 205 g/mol. The predicted molar refractivity (Wildman–Crippen MR) is 60.0 cm³/mol. The van der Waals surface area contributed by atoms with E-state index in [0.29, 0.717) is 6.61 Å². The van der Waals surface area contributed by atoms with Gasteiger partial charge in [0.2, 0.25) is 0 Å². The Balaban J connectivity index is 2.88. The molecule has 2 N–H and O–H groups in total. The number of hydrogen-bond donors (Lipinski definition) is 1. The average Bonchev–Trinajstić information content (AvgIpc) is 2.21. The third-order valence-electron chi connectivity index (χ3n) is 2.01. The lowest BCUT2D eigenvalue weighted by atomic mass is 10.1. The van der Waals surface area contributed by atoms with Gasteiger partial charge in [0.15, 0.2) is 0 Å². The second-order valence-electron chi connectivity index (χ2n) is 3.18. The van der Waals surface area contributed by atoms with Crippen molar-refractivity contribution >= 4 is 12.0 Å². The zero-order valence-electron chi connectivity index (χ0n) is 8.99. The van der Waals surface area contributed by atoms with Gasteiger partial charge in [0.05, 0.1) is 6.61 Å². The SMILES string of the molecule is CCOC(=O)/C(N)=C/c1ccccc1C. The lowest BCUT2D eigenvalue weighted by molar-refractivity contribution is -0.138. The highest BCUT2D eigenvalue weighted by Crippen LogP contribution is 2.10. The second kappa shape index (κ2) is 5.20. The normalized spacial score (nSPS) is 11.2. The van der Waals surface area contributed by atoms with Crippen molar-refractivity contribution in [2.75, 3.05) is 6.61 Å². The molecule has 0 aliphatic heterocycles. The Hall–Kier alpha value is -1.77. The van der Waals surface area contributed by atoms with Crippen molar-refractivity contribution in [3.8, 4) is 0 Å². The fraction of sp³-hybridized carbons (Fsp3) is 0.250. The van der Waals surface area contributed by atoms with E-state index in [-0.39, 0.29) is 5.70 Å². The van der Waals surface area contributed by atoms with Crippen molar-refractivity contribution in [3.05, 3.63) is 41.1 Å². The van der Waals surface area contributed by atoms with Gasteiger partial charge in [0, 0.05) is 0 Å². The highest BCUT2D eigenvalue weighted by atomic mass is 16.5. The molecule has 0 amide bonds. The second-order valence-corrected chi connectivity index (χ2v) is 3.18. The Bertz CT molecular complexity index is 383. The van der Waals surface area contributed by atoms with Crippen LogP contribution in [0, 0.1) is 6.92 Å². The molecule has 0 unspecified atom stereocenters. The number of carbonyl (C=O) groups excluding carboxylic acids is 1. The van der Waals surface area contributed by atoms with E-state index < -0.39 is 5.97 Å². The van der Waals surface area contributed by atoms with Crippen LogP contribution in [0.3, 0.4) is 0 Å². The van der Waals surface area contributed by atoms with E-state index in [9.17, 15) is 4.79 Å². The molecule has 15 heavy (non-hydrogen) atoms. The zero-order chi connectivity index (χ0) is 11.3. The maximum atomic E-state index is 11.2. The van der Waals surface area contributed by atoms with Crippen LogP contribution in [-0.4, -0.2) is 12.6 Å². The summed E-state index contributed by atoms with van der Waals surface area (Å²) in [5.41, 5.74) is 7.73. The van der Waals surface area contributed by atoms with Crippen LogP contribution in [0.2, 0.25) is 0 Å². The fourth-order valence-corrected chi connectivity index (χ4v) is 1.19. The van der Waals surface area contributed by atoms with Gasteiger partial charge in [-0.1, -0.05) is 24.3 Å². The number of aryl methyl sites for hydroxylation is 1. The van der Waals surface area contributed by atoms with Gasteiger partial charge in [0.25, 0.3) is 0 Å². The van der Waals surface area contributed by atoms with Crippen molar-refractivity contribution in [1.82, 2.24) is 0 Å². The molecule has 0 heterocycles. The standard InChI is InChI=1S/C12H15NO2/c1-3-15-12(14)11(13)8-10-7-5-4-6-9(10)2/h4-8H,3,13H2,1-2H3/b11-8-. The Kier molecular flexibility index (Phi) is 3.92. The first-order valence-electron chi connectivity index (χ1n) is 4.85. The molecule has 0 spiro atoms. The maximum absolute atomic E-state index is 11.2. The van der Waals surface area contributed by atoms with E-state index in [1.54, 1.807) is 13.0 Å². The summed E-state index contributed by atoms with van der Waals surface area (Å²) in [5, 5.41) is 0. The molecule has 0 radical (unpaired) electrons. The van der Waals surface area contributed by atoms with E-state index >= 15 is 0 Å². The van der Waals surface area contributed by atoms with E-state index in [4.69, 9.17) is 10.5 Å². The van der Waals surface area contributed by atoms with E-state index in [1.807, 2.05) is 31.2 Å². The van der Waals surface area contributed by atoms with Gasteiger partial charge in [0.1, 0.15) is 5.70 Å². The summed E-state index contributed by atoms with van der Waals surface area (Å²) in [6.45, 7) is 4.05. The molecule has 80 valence electrons. The number of rotatable bonds is 3. The van der Waals surface area contributed by atoms with Crippen molar-refractivity contribution in [3.63, 3.8) is 0 Å². The number of hydrogen-bond acceptors (Lipinski definition) is 3. The smallest absolute Gasteiger partial charge is 0.354 e. The van der Waals surface area contributed by atoms with E-state index in [0.717, 1.165) is 11.1 Å².